The molecule has 2 aliphatic rings. The Kier molecular flexibility index (Phi) is 4.34. The second-order valence-electron chi connectivity index (χ2n) is 8.11. The molecule has 28 heavy (non-hydrogen) atoms. The summed E-state index contributed by atoms with van der Waals surface area (Å²) >= 11 is 1.65. The molecule has 7 heteroatoms. The SMILES string of the molecule is Cc1nc(-c2cc3c(N4CCN(C(=O)[C@H]5C[C@H](C)C5)CC4)ccnc3[nH]2)cs1. The molecule has 0 radical (unpaired) electrons. The zero-order valence-electron chi connectivity index (χ0n) is 16.3. The molecule has 146 valence electrons. The highest BCUT2D eigenvalue weighted by Crippen LogP contribution is 2.35. The highest BCUT2D eigenvalue weighted by Gasteiger charge is 2.35. The second-order valence-corrected chi connectivity index (χ2v) is 9.18. The number of nitrogens with one attached hydrogen (secondary N) is 1. The molecule has 1 amide bonds. The molecule has 5 rings (SSSR count). The molecule has 1 saturated carbocycles. The summed E-state index contributed by atoms with van der Waals surface area (Å²) in [6, 6.07) is 4.23. The summed E-state index contributed by atoms with van der Waals surface area (Å²) < 4.78 is 0. The zero-order chi connectivity index (χ0) is 19.3. The van der Waals surface area contributed by atoms with Crippen molar-refractivity contribution in [1.82, 2.24) is 19.9 Å². The Morgan fingerprint density at radius 3 is 2.71 bits per heavy atom. The Labute approximate surface area is 168 Å². The number of carbonyl (C=O) groups excluding carboxylic acids is 1. The van der Waals surface area contributed by atoms with Crippen molar-refractivity contribution in [3.05, 3.63) is 28.7 Å². The molecule has 0 aromatic carbocycles. The van der Waals surface area contributed by atoms with Crippen LogP contribution in [0.5, 0.6) is 0 Å². The summed E-state index contributed by atoms with van der Waals surface area (Å²) in [7, 11) is 0. The number of fused-ring (bicyclic) bond motifs is 1. The minimum atomic E-state index is 0.267. The van der Waals surface area contributed by atoms with Crippen molar-refractivity contribution in [3.8, 4) is 11.4 Å². The number of rotatable bonds is 3. The van der Waals surface area contributed by atoms with Gasteiger partial charge in [0.15, 0.2) is 0 Å². The average molecular weight is 396 g/mol. The van der Waals surface area contributed by atoms with E-state index in [1.807, 2.05) is 13.1 Å². The quantitative estimate of drug-likeness (QED) is 0.735. The van der Waals surface area contributed by atoms with Crippen LogP contribution >= 0.6 is 11.3 Å². The number of hydrogen-bond donors (Lipinski definition) is 1. The van der Waals surface area contributed by atoms with Gasteiger partial charge in [-0.05, 0) is 37.8 Å². The van der Waals surface area contributed by atoms with Gasteiger partial charge in [-0.25, -0.2) is 9.97 Å². The van der Waals surface area contributed by atoms with Crippen LogP contribution in [0.15, 0.2) is 23.7 Å². The highest BCUT2D eigenvalue weighted by atomic mass is 32.1. The van der Waals surface area contributed by atoms with Crippen molar-refractivity contribution in [3.63, 3.8) is 0 Å². The van der Waals surface area contributed by atoms with E-state index < -0.39 is 0 Å². The largest absolute Gasteiger partial charge is 0.367 e. The molecule has 4 heterocycles. The number of amides is 1. The highest BCUT2D eigenvalue weighted by molar-refractivity contribution is 7.09. The van der Waals surface area contributed by atoms with Crippen LogP contribution in [0.1, 0.15) is 24.8 Å². The molecule has 1 N–H and O–H groups in total. The number of pyridine rings is 1. The van der Waals surface area contributed by atoms with Gasteiger partial charge in [0.25, 0.3) is 0 Å². The summed E-state index contributed by atoms with van der Waals surface area (Å²) in [5, 5.41) is 4.25. The molecular weight excluding hydrogens is 370 g/mol. The number of anilines is 1. The first-order valence-corrected chi connectivity index (χ1v) is 10.9. The van der Waals surface area contributed by atoms with Gasteiger partial charge in [-0.3, -0.25) is 4.79 Å². The minimum Gasteiger partial charge on any atom is -0.367 e. The van der Waals surface area contributed by atoms with E-state index >= 15 is 0 Å². The van der Waals surface area contributed by atoms with Gasteiger partial charge in [0.1, 0.15) is 5.65 Å². The molecule has 3 aromatic rings. The van der Waals surface area contributed by atoms with Crippen molar-refractivity contribution >= 4 is 34.0 Å². The molecule has 3 aromatic heterocycles. The van der Waals surface area contributed by atoms with Gasteiger partial charge in [0, 0.05) is 54.7 Å². The molecule has 1 aliphatic carbocycles. The summed E-state index contributed by atoms with van der Waals surface area (Å²) in [5.41, 5.74) is 4.05. The van der Waals surface area contributed by atoms with E-state index in [2.05, 4.69) is 49.2 Å². The van der Waals surface area contributed by atoms with Crippen LogP contribution in [0, 0.1) is 18.8 Å². The summed E-state index contributed by atoms with van der Waals surface area (Å²) in [4.78, 5) is 29.6. The predicted octanol–water partition coefficient (Wildman–Crippen LogP) is 3.69. The Balaban J connectivity index is 1.34. The van der Waals surface area contributed by atoms with E-state index in [4.69, 9.17) is 0 Å². The normalized spacial score (nSPS) is 22.5. The van der Waals surface area contributed by atoms with Crippen LogP contribution in [-0.2, 0) is 4.79 Å². The number of aromatic amines is 1. The number of hydrogen-bond acceptors (Lipinski definition) is 5. The average Bonchev–Trinajstić information content (AvgIpc) is 3.31. The van der Waals surface area contributed by atoms with E-state index in [-0.39, 0.29) is 5.92 Å². The monoisotopic (exact) mass is 395 g/mol. The molecule has 0 bridgehead atoms. The number of aryl methyl sites for hydroxylation is 1. The fourth-order valence-corrected chi connectivity index (χ4v) is 5.06. The van der Waals surface area contributed by atoms with Gasteiger partial charge >= 0.3 is 0 Å². The Bertz CT molecular complexity index is 1010. The molecule has 0 unspecified atom stereocenters. The van der Waals surface area contributed by atoms with Crippen LogP contribution in [-0.4, -0.2) is 51.9 Å². The number of carbonyl (C=O) groups is 1. The Hall–Kier alpha value is -2.41. The molecule has 2 fully saturated rings. The fourth-order valence-electron chi connectivity index (χ4n) is 4.44. The molecule has 0 spiro atoms. The standard InChI is InChI=1S/C21H25N5OS/c1-13-9-15(10-13)21(27)26-7-5-25(6-8-26)19-3-4-22-20-16(19)11-17(24-20)18-12-28-14(2)23-18/h3-4,11-13,15H,5-10H2,1-2H3,(H,22,24)/t13-,15-. The second kappa shape index (κ2) is 6.88. The van der Waals surface area contributed by atoms with E-state index in [0.29, 0.717) is 11.8 Å². The van der Waals surface area contributed by atoms with E-state index in [9.17, 15) is 4.79 Å². The van der Waals surface area contributed by atoms with Crippen molar-refractivity contribution in [1.29, 1.82) is 0 Å². The van der Waals surface area contributed by atoms with Gasteiger partial charge < -0.3 is 14.8 Å². The maximum Gasteiger partial charge on any atom is 0.225 e. The topological polar surface area (TPSA) is 65.1 Å². The van der Waals surface area contributed by atoms with E-state index in [1.165, 1.54) is 5.69 Å². The number of thiazole rings is 1. The van der Waals surface area contributed by atoms with Crippen molar-refractivity contribution in [2.75, 3.05) is 31.1 Å². The number of aromatic nitrogens is 3. The number of nitrogens with zero attached hydrogens (tertiary/aromatic N) is 4. The third kappa shape index (κ3) is 3.07. The molecule has 1 saturated heterocycles. The van der Waals surface area contributed by atoms with Gasteiger partial charge in [0.05, 0.1) is 16.4 Å². The summed E-state index contributed by atoms with van der Waals surface area (Å²) in [6.45, 7) is 7.58. The summed E-state index contributed by atoms with van der Waals surface area (Å²) in [5.74, 6) is 1.34. The van der Waals surface area contributed by atoms with E-state index in [0.717, 1.165) is 66.4 Å². The van der Waals surface area contributed by atoms with Crippen LogP contribution in [0.3, 0.4) is 0 Å². The van der Waals surface area contributed by atoms with Crippen molar-refractivity contribution in [2.45, 2.75) is 26.7 Å². The van der Waals surface area contributed by atoms with Crippen molar-refractivity contribution in [2.24, 2.45) is 11.8 Å². The first-order valence-electron chi connectivity index (χ1n) is 10.0. The smallest absolute Gasteiger partial charge is 0.225 e. The lowest BCUT2D eigenvalue weighted by molar-refractivity contribution is -0.140. The number of piperazine rings is 1. The first-order chi connectivity index (χ1) is 13.6. The molecule has 0 atom stereocenters. The number of H-pyrrole nitrogens is 1. The minimum absolute atomic E-state index is 0.267. The van der Waals surface area contributed by atoms with E-state index in [1.54, 1.807) is 11.3 Å². The lowest BCUT2D eigenvalue weighted by Crippen LogP contribution is -2.52. The Morgan fingerprint density at radius 1 is 1.25 bits per heavy atom. The van der Waals surface area contributed by atoms with Crippen LogP contribution in [0.25, 0.3) is 22.4 Å². The fraction of sp³-hybridized carbons (Fsp3) is 0.476. The van der Waals surface area contributed by atoms with Gasteiger partial charge in [0.2, 0.25) is 5.91 Å². The van der Waals surface area contributed by atoms with Gasteiger partial charge in [-0.2, -0.15) is 0 Å². The van der Waals surface area contributed by atoms with Crippen molar-refractivity contribution < 1.29 is 4.79 Å². The van der Waals surface area contributed by atoms with Crippen LogP contribution < -0.4 is 4.90 Å². The third-order valence-corrected chi connectivity index (χ3v) is 6.83. The van der Waals surface area contributed by atoms with Gasteiger partial charge in [-0.15, -0.1) is 11.3 Å². The van der Waals surface area contributed by atoms with Gasteiger partial charge in [-0.1, -0.05) is 6.92 Å². The zero-order valence-corrected chi connectivity index (χ0v) is 17.1. The summed E-state index contributed by atoms with van der Waals surface area (Å²) in [6.07, 6.45) is 3.98. The van der Waals surface area contributed by atoms with Crippen LogP contribution in [0.2, 0.25) is 0 Å². The third-order valence-electron chi connectivity index (χ3n) is 6.06. The maximum atomic E-state index is 12.6. The molecule has 6 nitrogen and oxygen atoms in total. The Morgan fingerprint density at radius 2 is 2.04 bits per heavy atom. The lowest BCUT2D eigenvalue weighted by Gasteiger charge is -2.40. The lowest BCUT2D eigenvalue weighted by atomic mass is 9.75. The van der Waals surface area contributed by atoms with Crippen LogP contribution in [0.4, 0.5) is 5.69 Å². The molecule has 1 aliphatic heterocycles. The first kappa shape index (κ1) is 17.7. The molecular formula is C21H25N5OS. The predicted molar refractivity (Wildman–Crippen MR) is 113 cm³/mol. The maximum absolute atomic E-state index is 12.6.